The second-order valence-electron chi connectivity index (χ2n) is 5.59. The van der Waals surface area contributed by atoms with E-state index in [4.69, 9.17) is 4.74 Å². The van der Waals surface area contributed by atoms with E-state index in [1.807, 2.05) is 43.0 Å². The summed E-state index contributed by atoms with van der Waals surface area (Å²) < 4.78 is 5.91. The third-order valence-corrected chi connectivity index (χ3v) is 4.05. The molecule has 0 radical (unpaired) electrons. The minimum Gasteiger partial charge on any atom is -0.481 e. The lowest BCUT2D eigenvalue weighted by molar-refractivity contribution is -0.140. The summed E-state index contributed by atoms with van der Waals surface area (Å²) in [5.41, 5.74) is 1.14. The van der Waals surface area contributed by atoms with Crippen molar-refractivity contribution in [2.75, 3.05) is 32.7 Å². The molecule has 4 nitrogen and oxygen atoms in total. The molecule has 0 aromatic heterocycles. The highest BCUT2D eigenvalue weighted by Crippen LogP contribution is 2.17. The number of benzene rings is 1. The number of carbonyl (C=O) groups is 1. The lowest BCUT2D eigenvalue weighted by Crippen LogP contribution is -2.52. The van der Waals surface area contributed by atoms with Gasteiger partial charge in [-0.25, -0.2) is 0 Å². The van der Waals surface area contributed by atoms with Crippen LogP contribution in [-0.4, -0.2) is 54.5 Å². The number of amides is 1. The van der Waals surface area contributed by atoms with Crippen molar-refractivity contribution in [3.63, 3.8) is 0 Å². The zero-order chi connectivity index (χ0) is 15.2. The van der Waals surface area contributed by atoms with Crippen LogP contribution in [0.15, 0.2) is 24.3 Å². The first-order valence-electron chi connectivity index (χ1n) is 7.88. The third-order valence-electron chi connectivity index (χ3n) is 4.05. The number of likely N-dealkylation sites (N-methyl/N-ethyl adjacent to an activating group) is 1. The first-order chi connectivity index (χ1) is 10.1. The zero-order valence-corrected chi connectivity index (χ0v) is 13.3. The molecule has 1 amide bonds. The van der Waals surface area contributed by atoms with E-state index in [2.05, 4.69) is 11.8 Å². The monoisotopic (exact) mass is 290 g/mol. The van der Waals surface area contributed by atoms with Crippen LogP contribution in [0.5, 0.6) is 5.75 Å². The number of piperazine rings is 1. The molecule has 21 heavy (non-hydrogen) atoms. The lowest BCUT2D eigenvalue weighted by atomic mass is 10.2. The zero-order valence-electron chi connectivity index (χ0n) is 13.3. The molecule has 1 heterocycles. The predicted molar refractivity (Wildman–Crippen MR) is 84.6 cm³/mol. The maximum absolute atomic E-state index is 12.6. The van der Waals surface area contributed by atoms with Gasteiger partial charge in [-0.3, -0.25) is 4.79 Å². The topological polar surface area (TPSA) is 32.8 Å². The third kappa shape index (κ3) is 4.21. The van der Waals surface area contributed by atoms with Crippen LogP contribution in [-0.2, 0) is 4.79 Å². The standard InChI is InChI=1S/C17H26N2O2/c1-4-16(21-15-8-6-7-14(3)13-15)17(20)19-11-9-18(5-2)10-12-19/h6-8,13,16H,4-5,9-12H2,1-3H3/t16-/m0/s1. The fourth-order valence-corrected chi connectivity index (χ4v) is 2.65. The second-order valence-corrected chi connectivity index (χ2v) is 5.59. The summed E-state index contributed by atoms with van der Waals surface area (Å²) in [5, 5.41) is 0. The molecule has 1 aromatic rings. The number of hydrogen-bond acceptors (Lipinski definition) is 3. The molecule has 0 saturated carbocycles. The van der Waals surface area contributed by atoms with Crippen molar-refractivity contribution in [3.05, 3.63) is 29.8 Å². The lowest BCUT2D eigenvalue weighted by Gasteiger charge is -2.35. The van der Waals surface area contributed by atoms with Crippen molar-refractivity contribution >= 4 is 5.91 Å². The molecule has 1 atom stereocenters. The number of carbonyl (C=O) groups excluding carboxylic acids is 1. The summed E-state index contributed by atoms with van der Waals surface area (Å²) >= 11 is 0. The van der Waals surface area contributed by atoms with Gasteiger partial charge >= 0.3 is 0 Å². The Morgan fingerprint density at radius 2 is 1.95 bits per heavy atom. The van der Waals surface area contributed by atoms with Crippen LogP contribution in [0.4, 0.5) is 0 Å². The van der Waals surface area contributed by atoms with Gasteiger partial charge in [-0.05, 0) is 37.6 Å². The normalized spacial score (nSPS) is 17.6. The van der Waals surface area contributed by atoms with Gasteiger partial charge in [0.05, 0.1) is 0 Å². The minimum absolute atomic E-state index is 0.120. The summed E-state index contributed by atoms with van der Waals surface area (Å²) in [6.07, 6.45) is 0.320. The highest BCUT2D eigenvalue weighted by atomic mass is 16.5. The molecular formula is C17H26N2O2. The van der Waals surface area contributed by atoms with Crippen LogP contribution >= 0.6 is 0 Å². The molecule has 0 bridgehead atoms. The van der Waals surface area contributed by atoms with Crippen LogP contribution in [0.25, 0.3) is 0 Å². The van der Waals surface area contributed by atoms with Gasteiger partial charge in [-0.15, -0.1) is 0 Å². The molecule has 1 aliphatic rings. The second kappa shape index (κ2) is 7.46. The van der Waals surface area contributed by atoms with Gasteiger partial charge in [0.15, 0.2) is 6.10 Å². The Bertz CT molecular complexity index is 468. The van der Waals surface area contributed by atoms with Gasteiger partial charge in [0.25, 0.3) is 5.91 Å². The summed E-state index contributed by atoms with van der Waals surface area (Å²) in [6.45, 7) is 10.8. The molecule has 0 aliphatic carbocycles. The van der Waals surface area contributed by atoms with Gasteiger partial charge < -0.3 is 14.5 Å². The van der Waals surface area contributed by atoms with Crippen LogP contribution in [0.1, 0.15) is 25.8 Å². The van der Waals surface area contributed by atoms with Crippen molar-refractivity contribution < 1.29 is 9.53 Å². The quantitative estimate of drug-likeness (QED) is 0.834. The Hall–Kier alpha value is -1.55. The van der Waals surface area contributed by atoms with E-state index in [1.165, 1.54) is 0 Å². The van der Waals surface area contributed by atoms with Gasteiger partial charge in [-0.2, -0.15) is 0 Å². The van der Waals surface area contributed by atoms with Crippen LogP contribution in [0.3, 0.4) is 0 Å². The van der Waals surface area contributed by atoms with Crippen LogP contribution < -0.4 is 4.74 Å². The molecule has 1 saturated heterocycles. The van der Waals surface area contributed by atoms with Crippen molar-refractivity contribution in [2.45, 2.75) is 33.3 Å². The Morgan fingerprint density at radius 3 is 2.52 bits per heavy atom. The van der Waals surface area contributed by atoms with E-state index >= 15 is 0 Å². The van der Waals surface area contributed by atoms with Crippen molar-refractivity contribution in [1.82, 2.24) is 9.80 Å². The first kappa shape index (κ1) is 15.8. The fourth-order valence-electron chi connectivity index (χ4n) is 2.65. The maximum atomic E-state index is 12.6. The van der Waals surface area contributed by atoms with Crippen molar-refractivity contribution in [3.8, 4) is 5.75 Å². The van der Waals surface area contributed by atoms with Crippen LogP contribution in [0, 0.1) is 6.92 Å². The van der Waals surface area contributed by atoms with E-state index < -0.39 is 0 Å². The molecule has 1 aliphatic heterocycles. The van der Waals surface area contributed by atoms with Gasteiger partial charge in [-0.1, -0.05) is 26.0 Å². The summed E-state index contributed by atoms with van der Waals surface area (Å²) in [6, 6.07) is 7.88. The van der Waals surface area contributed by atoms with Crippen molar-refractivity contribution in [2.24, 2.45) is 0 Å². The molecular weight excluding hydrogens is 264 g/mol. The highest BCUT2D eigenvalue weighted by molar-refractivity contribution is 5.81. The van der Waals surface area contributed by atoms with E-state index in [9.17, 15) is 4.79 Å². The molecule has 0 N–H and O–H groups in total. The maximum Gasteiger partial charge on any atom is 0.263 e. The van der Waals surface area contributed by atoms with E-state index in [0.717, 1.165) is 44.0 Å². The highest BCUT2D eigenvalue weighted by Gasteiger charge is 2.27. The molecule has 2 rings (SSSR count). The molecule has 1 fully saturated rings. The van der Waals surface area contributed by atoms with E-state index in [-0.39, 0.29) is 12.0 Å². The average molecular weight is 290 g/mol. The smallest absolute Gasteiger partial charge is 0.263 e. The molecule has 0 unspecified atom stereocenters. The molecule has 4 heteroatoms. The Kier molecular flexibility index (Phi) is 5.62. The van der Waals surface area contributed by atoms with E-state index in [1.54, 1.807) is 0 Å². The number of rotatable bonds is 5. The number of ether oxygens (including phenoxy) is 1. The number of aryl methyl sites for hydroxylation is 1. The number of hydrogen-bond donors (Lipinski definition) is 0. The van der Waals surface area contributed by atoms with Gasteiger partial charge in [0, 0.05) is 26.2 Å². The molecule has 1 aromatic carbocycles. The van der Waals surface area contributed by atoms with Gasteiger partial charge in [0.2, 0.25) is 0 Å². The molecule has 0 spiro atoms. The predicted octanol–water partition coefficient (Wildman–Crippen LogP) is 2.32. The Balaban J connectivity index is 1.96. The van der Waals surface area contributed by atoms with Crippen molar-refractivity contribution in [1.29, 1.82) is 0 Å². The summed E-state index contributed by atoms with van der Waals surface area (Å²) in [4.78, 5) is 16.9. The summed E-state index contributed by atoms with van der Waals surface area (Å²) in [7, 11) is 0. The van der Waals surface area contributed by atoms with Gasteiger partial charge in [0.1, 0.15) is 5.75 Å². The minimum atomic E-state index is -0.375. The fraction of sp³-hybridized carbons (Fsp3) is 0.588. The Labute approximate surface area is 127 Å². The average Bonchev–Trinajstić information content (AvgIpc) is 2.52. The SMILES string of the molecule is CC[C@H](Oc1cccc(C)c1)C(=O)N1CCN(CC)CC1. The Morgan fingerprint density at radius 1 is 1.24 bits per heavy atom. The van der Waals surface area contributed by atoms with Crippen LogP contribution in [0.2, 0.25) is 0 Å². The van der Waals surface area contributed by atoms with E-state index in [0.29, 0.717) is 6.42 Å². The largest absolute Gasteiger partial charge is 0.481 e. The summed E-state index contributed by atoms with van der Waals surface area (Å²) in [5.74, 6) is 0.900. The molecule has 116 valence electrons. The number of nitrogens with zero attached hydrogens (tertiary/aromatic N) is 2. The first-order valence-corrected chi connectivity index (χ1v) is 7.88.